The van der Waals surface area contributed by atoms with Crippen molar-refractivity contribution < 1.29 is 9.47 Å². The number of nitrogens with one attached hydrogen (secondary N) is 1. The van der Waals surface area contributed by atoms with Gasteiger partial charge in [0.05, 0.1) is 48.6 Å². The summed E-state index contributed by atoms with van der Waals surface area (Å²) in [6.45, 7) is 3.03. The van der Waals surface area contributed by atoms with Crippen LogP contribution in [0.25, 0.3) is 27.9 Å². The van der Waals surface area contributed by atoms with Gasteiger partial charge in [-0.05, 0) is 38.2 Å². The molecule has 0 saturated carbocycles. The Morgan fingerprint density at radius 3 is 2.69 bits per heavy atom. The lowest BCUT2D eigenvalue weighted by Crippen LogP contribution is -2.29. The number of anilines is 4. The van der Waals surface area contributed by atoms with E-state index in [1.54, 1.807) is 7.11 Å². The van der Waals surface area contributed by atoms with Crippen LogP contribution in [-0.4, -0.2) is 79.0 Å². The Morgan fingerprint density at radius 2 is 1.95 bits per heavy atom. The first-order valence-electron chi connectivity index (χ1n) is 13.0. The standard InChI is InChI=1S/C29H36N8O2/c1-35(2)12-13-36(3)24-17-25(38-5)22(16-21(24)30)33-29-32-18-31-28(34-29)26-20-8-6-7-9-23(20)37(4)27(26)19-10-14-39-15-11-19/h6-10,16-18H,11-15,30H2,1-5H3,(H,31,32,33,34). The highest BCUT2D eigenvalue weighted by Crippen LogP contribution is 2.39. The third-order valence-electron chi connectivity index (χ3n) is 7.06. The predicted octanol–water partition coefficient (Wildman–Crippen LogP) is 4.17. The summed E-state index contributed by atoms with van der Waals surface area (Å²) in [5.41, 5.74) is 13.1. The molecule has 0 radical (unpaired) electrons. The summed E-state index contributed by atoms with van der Waals surface area (Å²) >= 11 is 0. The number of hydrogen-bond acceptors (Lipinski definition) is 9. The highest BCUT2D eigenvalue weighted by atomic mass is 16.5. The molecule has 0 aliphatic carbocycles. The number of fused-ring (bicyclic) bond motifs is 1. The van der Waals surface area contributed by atoms with E-state index in [1.807, 2.05) is 31.3 Å². The van der Waals surface area contributed by atoms with Crippen molar-refractivity contribution in [2.75, 3.05) is 70.5 Å². The summed E-state index contributed by atoms with van der Waals surface area (Å²) in [7, 11) is 9.85. The first-order chi connectivity index (χ1) is 18.9. The molecule has 2 aromatic heterocycles. The summed E-state index contributed by atoms with van der Waals surface area (Å²) in [5.74, 6) is 1.65. The number of aryl methyl sites for hydroxylation is 1. The number of likely N-dealkylation sites (N-methyl/N-ethyl adjacent to an activating group) is 2. The van der Waals surface area contributed by atoms with Gasteiger partial charge in [0, 0.05) is 44.2 Å². The number of rotatable bonds is 9. The zero-order valence-electron chi connectivity index (χ0n) is 23.2. The van der Waals surface area contributed by atoms with Crippen LogP contribution >= 0.6 is 0 Å². The minimum Gasteiger partial charge on any atom is -0.494 e. The average Bonchev–Trinajstić information content (AvgIpc) is 3.25. The number of nitrogen functional groups attached to an aromatic ring is 1. The number of hydrogen-bond donors (Lipinski definition) is 2. The van der Waals surface area contributed by atoms with Crippen molar-refractivity contribution in [3.8, 4) is 17.1 Å². The fourth-order valence-corrected chi connectivity index (χ4v) is 4.99. The Labute approximate surface area is 229 Å². The van der Waals surface area contributed by atoms with Crippen LogP contribution < -0.4 is 20.7 Å². The lowest BCUT2D eigenvalue weighted by atomic mass is 10.0. The normalized spacial score (nSPS) is 13.5. The molecule has 0 spiro atoms. The SMILES string of the molecule is COc1cc(N(C)CCN(C)C)c(N)cc1Nc1ncnc(-c2c(C3=CCOCC3)n(C)c3ccccc23)n1. The third-order valence-corrected chi connectivity index (χ3v) is 7.06. The van der Waals surface area contributed by atoms with Gasteiger partial charge in [0.15, 0.2) is 5.82 Å². The molecular formula is C29H36N8O2. The molecule has 0 saturated heterocycles. The minimum absolute atomic E-state index is 0.409. The molecular weight excluding hydrogens is 492 g/mol. The Morgan fingerprint density at radius 1 is 1.13 bits per heavy atom. The Bertz CT molecular complexity index is 1510. The number of para-hydroxylation sites is 1. The van der Waals surface area contributed by atoms with E-state index in [4.69, 9.17) is 20.2 Å². The first kappa shape index (κ1) is 26.5. The van der Waals surface area contributed by atoms with Gasteiger partial charge in [-0.1, -0.05) is 24.3 Å². The van der Waals surface area contributed by atoms with Gasteiger partial charge < -0.3 is 34.9 Å². The number of methoxy groups -OCH3 is 1. The van der Waals surface area contributed by atoms with E-state index in [9.17, 15) is 0 Å². The molecule has 3 N–H and O–H groups in total. The molecule has 10 heteroatoms. The maximum absolute atomic E-state index is 6.47. The molecule has 4 aromatic rings. The van der Waals surface area contributed by atoms with Gasteiger partial charge in [0.25, 0.3) is 0 Å². The van der Waals surface area contributed by atoms with Crippen molar-refractivity contribution >= 4 is 39.5 Å². The molecule has 1 aliphatic heterocycles. The number of aromatic nitrogens is 4. The van der Waals surface area contributed by atoms with Crippen molar-refractivity contribution in [3.05, 3.63) is 54.5 Å². The lowest BCUT2D eigenvalue weighted by Gasteiger charge is -2.24. The maximum atomic E-state index is 6.47. The Kier molecular flexibility index (Phi) is 7.67. The van der Waals surface area contributed by atoms with Crippen LogP contribution in [0.5, 0.6) is 5.75 Å². The number of benzene rings is 2. The van der Waals surface area contributed by atoms with Crippen molar-refractivity contribution in [2.45, 2.75) is 6.42 Å². The Hall–Kier alpha value is -4.15. The highest BCUT2D eigenvalue weighted by Gasteiger charge is 2.23. The van der Waals surface area contributed by atoms with Gasteiger partial charge in [-0.3, -0.25) is 0 Å². The van der Waals surface area contributed by atoms with Crippen molar-refractivity contribution in [2.24, 2.45) is 7.05 Å². The summed E-state index contributed by atoms with van der Waals surface area (Å²) < 4.78 is 13.5. The van der Waals surface area contributed by atoms with Gasteiger partial charge in [-0.25, -0.2) is 9.97 Å². The van der Waals surface area contributed by atoms with Crippen LogP contribution in [0.4, 0.5) is 23.0 Å². The second kappa shape index (κ2) is 11.3. The summed E-state index contributed by atoms with van der Waals surface area (Å²) in [5, 5.41) is 4.40. The van der Waals surface area contributed by atoms with Crippen LogP contribution in [0.3, 0.4) is 0 Å². The molecule has 5 rings (SSSR count). The third kappa shape index (κ3) is 5.39. The summed E-state index contributed by atoms with van der Waals surface area (Å²) in [6.07, 6.45) is 4.51. The molecule has 0 amide bonds. The molecule has 0 unspecified atom stereocenters. The molecule has 204 valence electrons. The maximum Gasteiger partial charge on any atom is 0.230 e. The van der Waals surface area contributed by atoms with E-state index in [0.29, 0.717) is 42.1 Å². The van der Waals surface area contributed by atoms with Gasteiger partial charge >= 0.3 is 0 Å². The summed E-state index contributed by atoms with van der Waals surface area (Å²) in [6, 6.07) is 12.1. The molecule has 39 heavy (non-hydrogen) atoms. The van der Waals surface area contributed by atoms with Gasteiger partial charge in [-0.15, -0.1) is 0 Å². The van der Waals surface area contributed by atoms with Gasteiger partial charge in [-0.2, -0.15) is 4.98 Å². The van der Waals surface area contributed by atoms with E-state index in [1.165, 1.54) is 11.9 Å². The lowest BCUT2D eigenvalue weighted by molar-refractivity contribution is 0.161. The average molecular weight is 529 g/mol. The van der Waals surface area contributed by atoms with Crippen molar-refractivity contribution in [1.82, 2.24) is 24.4 Å². The van der Waals surface area contributed by atoms with Crippen molar-refractivity contribution in [1.29, 1.82) is 0 Å². The largest absolute Gasteiger partial charge is 0.494 e. The van der Waals surface area contributed by atoms with E-state index in [0.717, 1.165) is 47.4 Å². The van der Waals surface area contributed by atoms with Gasteiger partial charge in [0.2, 0.25) is 5.95 Å². The smallest absolute Gasteiger partial charge is 0.230 e. The van der Waals surface area contributed by atoms with E-state index < -0.39 is 0 Å². The minimum atomic E-state index is 0.409. The molecule has 0 atom stereocenters. The topological polar surface area (TPSA) is 107 Å². The zero-order chi connectivity index (χ0) is 27.5. The first-order valence-corrected chi connectivity index (χ1v) is 13.0. The van der Waals surface area contributed by atoms with E-state index in [-0.39, 0.29) is 0 Å². The van der Waals surface area contributed by atoms with Crippen molar-refractivity contribution in [3.63, 3.8) is 0 Å². The van der Waals surface area contributed by atoms with Crippen LogP contribution in [0, 0.1) is 0 Å². The fraction of sp³-hybridized carbons (Fsp3) is 0.345. The van der Waals surface area contributed by atoms with Gasteiger partial charge in [0.1, 0.15) is 12.1 Å². The predicted molar refractivity (Wildman–Crippen MR) is 158 cm³/mol. The molecule has 0 bridgehead atoms. The molecule has 0 fully saturated rings. The number of nitrogens with zero attached hydrogens (tertiary/aromatic N) is 6. The monoisotopic (exact) mass is 528 g/mol. The number of ether oxygens (including phenoxy) is 2. The fourth-order valence-electron chi connectivity index (χ4n) is 4.99. The van der Waals surface area contributed by atoms with Crippen LogP contribution in [-0.2, 0) is 11.8 Å². The second-order valence-electron chi connectivity index (χ2n) is 9.95. The molecule has 3 heterocycles. The van der Waals surface area contributed by atoms with Crippen LogP contribution in [0.1, 0.15) is 12.1 Å². The Balaban J connectivity index is 1.52. The summed E-state index contributed by atoms with van der Waals surface area (Å²) in [4.78, 5) is 18.1. The quantitative estimate of drug-likeness (QED) is 0.310. The van der Waals surface area contributed by atoms with Crippen LogP contribution in [0.15, 0.2) is 48.8 Å². The number of nitrogens with two attached hydrogens (primary N) is 1. The van der Waals surface area contributed by atoms with Crippen LogP contribution in [0.2, 0.25) is 0 Å². The molecule has 1 aliphatic rings. The van der Waals surface area contributed by atoms with E-state index >= 15 is 0 Å². The zero-order valence-corrected chi connectivity index (χ0v) is 23.2. The molecule has 10 nitrogen and oxygen atoms in total. The highest BCUT2D eigenvalue weighted by molar-refractivity contribution is 6.01. The second-order valence-corrected chi connectivity index (χ2v) is 9.95. The van der Waals surface area contributed by atoms with E-state index in [2.05, 4.69) is 69.0 Å². The molecule has 2 aromatic carbocycles.